The number of H-pyrrole nitrogens is 1. The molecule has 104 valence electrons. The second-order valence-corrected chi connectivity index (χ2v) is 5.26. The number of rotatable bonds is 3. The Bertz CT molecular complexity index is 720. The first-order valence-electron chi connectivity index (χ1n) is 6.28. The number of aromatic amines is 1. The second-order valence-electron chi connectivity index (χ2n) is 5.26. The van der Waals surface area contributed by atoms with E-state index in [-0.39, 0.29) is 23.2 Å². The minimum atomic E-state index is -0.376. The van der Waals surface area contributed by atoms with Crippen molar-refractivity contribution in [1.82, 2.24) is 19.1 Å². The number of fused-ring (bicyclic) bond motifs is 1. The monoisotopic (exact) mass is 265 g/mol. The molecule has 2 rings (SSSR count). The van der Waals surface area contributed by atoms with E-state index in [1.807, 2.05) is 13.8 Å². The number of nitrogens with one attached hydrogen (secondary N) is 1. The molecular formula is C12H19N5O2. The van der Waals surface area contributed by atoms with Crippen LogP contribution in [0.25, 0.3) is 11.2 Å². The van der Waals surface area contributed by atoms with Crippen LogP contribution in [0.1, 0.15) is 32.6 Å². The van der Waals surface area contributed by atoms with Crippen molar-refractivity contribution >= 4 is 11.2 Å². The largest absolute Gasteiger partial charge is 0.335 e. The molecule has 0 bridgehead atoms. The molecule has 3 N–H and O–H groups in total. The summed E-state index contributed by atoms with van der Waals surface area (Å²) in [7, 11) is 1.47. The maximum absolute atomic E-state index is 12.2. The number of hydrogen-bond donors (Lipinski definition) is 2. The van der Waals surface area contributed by atoms with Gasteiger partial charge in [-0.05, 0) is 12.8 Å². The molecule has 1 unspecified atom stereocenters. The molecule has 0 fully saturated rings. The second kappa shape index (κ2) is 4.65. The number of hydrogen-bond acceptors (Lipinski definition) is 4. The summed E-state index contributed by atoms with van der Waals surface area (Å²) in [5, 5.41) is 0. The highest BCUT2D eigenvalue weighted by Gasteiger charge is 2.17. The van der Waals surface area contributed by atoms with E-state index in [9.17, 15) is 9.59 Å². The molecule has 2 aromatic heterocycles. The van der Waals surface area contributed by atoms with E-state index >= 15 is 0 Å². The van der Waals surface area contributed by atoms with Gasteiger partial charge >= 0.3 is 5.69 Å². The highest BCUT2D eigenvalue weighted by Crippen LogP contribution is 2.11. The van der Waals surface area contributed by atoms with Crippen molar-refractivity contribution in [1.29, 1.82) is 0 Å². The zero-order valence-corrected chi connectivity index (χ0v) is 11.6. The minimum Gasteiger partial charge on any atom is -0.335 e. The summed E-state index contributed by atoms with van der Waals surface area (Å²) in [5.41, 5.74) is 5.75. The zero-order chi connectivity index (χ0) is 14.3. The van der Waals surface area contributed by atoms with Crippen molar-refractivity contribution in [3.8, 4) is 0 Å². The topological polar surface area (TPSA) is 98.7 Å². The lowest BCUT2D eigenvalue weighted by molar-refractivity contribution is 0.500. The van der Waals surface area contributed by atoms with Gasteiger partial charge in [0.1, 0.15) is 11.3 Å². The van der Waals surface area contributed by atoms with Crippen LogP contribution in [0.5, 0.6) is 0 Å². The van der Waals surface area contributed by atoms with Crippen molar-refractivity contribution in [2.45, 2.75) is 33.4 Å². The molecule has 7 heteroatoms. The molecule has 0 spiro atoms. The summed E-state index contributed by atoms with van der Waals surface area (Å²) in [6.07, 6.45) is 0. The maximum atomic E-state index is 12.2. The van der Waals surface area contributed by atoms with Gasteiger partial charge in [-0.2, -0.15) is 0 Å². The van der Waals surface area contributed by atoms with Crippen molar-refractivity contribution in [3.05, 3.63) is 26.7 Å². The van der Waals surface area contributed by atoms with Gasteiger partial charge in [0.15, 0.2) is 5.65 Å². The van der Waals surface area contributed by atoms with Crippen molar-refractivity contribution in [2.75, 3.05) is 0 Å². The van der Waals surface area contributed by atoms with E-state index in [1.54, 1.807) is 6.92 Å². The molecule has 0 aliphatic rings. The number of imidazole rings is 1. The SMILES string of the molecule is CC(C)Cn1c(=O)n(C)c(=O)c2[nH]c(C(C)N)nc21. The van der Waals surface area contributed by atoms with Gasteiger partial charge in [0.2, 0.25) is 0 Å². The summed E-state index contributed by atoms with van der Waals surface area (Å²) in [5.74, 6) is 0.782. The van der Waals surface area contributed by atoms with Crippen LogP contribution < -0.4 is 17.0 Å². The third-order valence-corrected chi connectivity index (χ3v) is 2.97. The summed E-state index contributed by atoms with van der Waals surface area (Å²) >= 11 is 0. The Kier molecular flexibility index (Phi) is 3.32. The van der Waals surface area contributed by atoms with Gasteiger partial charge in [-0.1, -0.05) is 13.8 Å². The first kappa shape index (κ1) is 13.5. The molecule has 0 amide bonds. The zero-order valence-electron chi connectivity index (χ0n) is 11.6. The summed E-state index contributed by atoms with van der Waals surface area (Å²) < 4.78 is 2.61. The molecule has 0 radical (unpaired) electrons. The van der Waals surface area contributed by atoms with Crippen molar-refractivity contribution < 1.29 is 0 Å². The van der Waals surface area contributed by atoms with Crippen LogP contribution in [0.4, 0.5) is 0 Å². The molecular weight excluding hydrogens is 246 g/mol. The third kappa shape index (κ3) is 2.21. The normalized spacial score (nSPS) is 13.4. The predicted molar refractivity (Wildman–Crippen MR) is 73.0 cm³/mol. The standard InChI is InChI=1S/C12H19N5O2/c1-6(2)5-17-10-8(11(18)16(4)12(17)19)14-9(15-10)7(3)13/h6-7H,5,13H2,1-4H3,(H,14,15). The van der Waals surface area contributed by atoms with Crippen LogP contribution in [0.15, 0.2) is 9.59 Å². The minimum absolute atomic E-state index is 0.272. The quantitative estimate of drug-likeness (QED) is 0.822. The van der Waals surface area contributed by atoms with Gasteiger partial charge in [0.05, 0.1) is 6.04 Å². The Balaban J connectivity index is 2.85. The van der Waals surface area contributed by atoms with Gasteiger partial charge in [0.25, 0.3) is 5.56 Å². The molecule has 1 atom stereocenters. The molecule has 0 aromatic carbocycles. The van der Waals surface area contributed by atoms with E-state index in [1.165, 1.54) is 11.6 Å². The van der Waals surface area contributed by atoms with E-state index in [0.717, 1.165) is 4.57 Å². The average molecular weight is 265 g/mol. The Hall–Kier alpha value is -1.89. The summed E-state index contributed by atoms with van der Waals surface area (Å²) in [6.45, 7) is 6.28. The van der Waals surface area contributed by atoms with Gasteiger partial charge in [-0.25, -0.2) is 9.78 Å². The van der Waals surface area contributed by atoms with Gasteiger partial charge in [0, 0.05) is 13.6 Å². The molecule has 19 heavy (non-hydrogen) atoms. The Morgan fingerprint density at radius 3 is 2.47 bits per heavy atom. The van der Waals surface area contributed by atoms with Crippen LogP contribution in [0, 0.1) is 5.92 Å². The molecule has 0 aliphatic heterocycles. The average Bonchev–Trinajstić information content (AvgIpc) is 2.76. The van der Waals surface area contributed by atoms with Crippen LogP contribution in [0.2, 0.25) is 0 Å². The summed E-state index contributed by atoms with van der Waals surface area (Å²) in [4.78, 5) is 31.4. The van der Waals surface area contributed by atoms with Crippen molar-refractivity contribution in [2.24, 2.45) is 18.7 Å². The first-order valence-corrected chi connectivity index (χ1v) is 6.28. The maximum Gasteiger partial charge on any atom is 0.332 e. The highest BCUT2D eigenvalue weighted by atomic mass is 16.2. The number of nitrogens with zero attached hydrogens (tertiary/aromatic N) is 3. The van der Waals surface area contributed by atoms with Gasteiger partial charge in [-0.15, -0.1) is 0 Å². The first-order chi connectivity index (χ1) is 8.82. The van der Waals surface area contributed by atoms with Crippen LogP contribution in [-0.2, 0) is 13.6 Å². The molecule has 2 aromatic rings. The predicted octanol–water partition coefficient (Wildman–Crippen LogP) is 0.0990. The lowest BCUT2D eigenvalue weighted by Crippen LogP contribution is -2.38. The van der Waals surface area contributed by atoms with E-state index in [2.05, 4.69) is 9.97 Å². The van der Waals surface area contributed by atoms with Gasteiger partial charge in [-0.3, -0.25) is 13.9 Å². The Morgan fingerprint density at radius 1 is 1.32 bits per heavy atom. The number of nitrogens with two attached hydrogens (primary N) is 1. The van der Waals surface area contributed by atoms with Crippen LogP contribution >= 0.6 is 0 Å². The Morgan fingerprint density at radius 2 is 1.95 bits per heavy atom. The highest BCUT2D eigenvalue weighted by molar-refractivity contribution is 5.69. The molecule has 7 nitrogen and oxygen atoms in total. The molecule has 0 saturated carbocycles. The fraction of sp³-hybridized carbons (Fsp3) is 0.583. The third-order valence-electron chi connectivity index (χ3n) is 2.97. The van der Waals surface area contributed by atoms with Crippen LogP contribution in [-0.4, -0.2) is 19.1 Å². The van der Waals surface area contributed by atoms with E-state index in [4.69, 9.17) is 5.73 Å². The fourth-order valence-electron chi connectivity index (χ4n) is 2.00. The molecule has 0 saturated heterocycles. The molecule has 0 aliphatic carbocycles. The number of aromatic nitrogens is 4. The Labute approximate surface area is 110 Å². The lowest BCUT2D eigenvalue weighted by Gasteiger charge is -2.10. The van der Waals surface area contributed by atoms with E-state index in [0.29, 0.717) is 23.5 Å². The smallest absolute Gasteiger partial charge is 0.332 e. The molecule has 2 heterocycles. The van der Waals surface area contributed by atoms with Crippen molar-refractivity contribution in [3.63, 3.8) is 0 Å². The summed E-state index contributed by atoms with van der Waals surface area (Å²) in [6, 6.07) is -0.320. The lowest BCUT2D eigenvalue weighted by atomic mass is 10.2. The fourth-order valence-corrected chi connectivity index (χ4v) is 2.00. The van der Waals surface area contributed by atoms with Gasteiger partial charge < -0.3 is 10.7 Å². The van der Waals surface area contributed by atoms with E-state index < -0.39 is 0 Å². The van der Waals surface area contributed by atoms with Crippen LogP contribution in [0.3, 0.4) is 0 Å².